The molecule has 3 N–H and O–H groups in total. The lowest BCUT2D eigenvalue weighted by Gasteiger charge is -2.41. The minimum Gasteiger partial charge on any atom is -0.393 e. The van der Waals surface area contributed by atoms with Crippen molar-refractivity contribution in [2.45, 2.75) is 89.9 Å². The molecule has 3 aliphatic rings. The lowest BCUT2D eigenvalue weighted by molar-refractivity contribution is 0.0862. The predicted molar refractivity (Wildman–Crippen MR) is 118 cm³/mol. The number of allylic oxidation sites excluding steroid dienone is 5. The van der Waals surface area contributed by atoms with Gasteiger partial charge in [0.25, 0.3) is 0 Å². The molecule has 3 aliphatic carbocycles. The molecule has 3 rings (SSSR count). The van der Waals surface area contributed by atoms with Crippen LogP contribution in [0.3, 0.4) is 0 Å². The zero-order valence-electron chi connectivity index (χ0n) is 18.2. The van der Waals surface area contributed by atoms with Crippen LogP contribution in [0.2, 0.25) is 0 Å². The van der Waals surface area contributed by atoms with Crippen LogP contribution in [0.25, 0.3) is 0 Å². The van der Waals surface area contributed by atoms with E-state index >= 15 is 0 Å². The molecule has 0 aliphatic heterocycles. The van der Waals surface area contributed by atoms with Crippen molar-refractivity contribution < 1.29 is 15.3 Å². The maximum Gasteiger partial charge on any atom is 0.119 e. The number of hydrogen-bond donors (Lipinski definition) is 3. The average molecular weight is 397 g/mol. The molecule has 2 saturated carbocycles. The Morgan fingerprint density at radius 2 is 2.07 bits per heavy atom. The first-order valence-electron chi connectivity index (χ1n) is 11.0. The van der Waals surface area contributed by atoms with Crippen molar-refractivity contribution in [2.75, 3.05) is 0 Å². The summed E-state index contributed by atoms with van der Waals surface area (Å²) in [5.41, 5.74) is 3.99. The van der Waals surface area contributed by atoms with E-state index < -0.39 is 17.8 Å². The Labute approximate surface area is 175 Å². The van der Waals surface area contributed by atoms with Gasteiger partial charge in [-0.2, -0.15) is 0 Å². The summed E-state index contributed by atoms with van der Waals surface area (Å²) in [5, 5.41) is 29.8. The highest BCUT2D eigenvalue weighted by Crippen LogP contribution is 2.55. The fraction of sp³-hybridized carbons (Fsp3) is 0.615. The van der Waals surface area contributed by atoms with Crippen LogP contribution >= 0.6 is 0 Å². The van der Waals surface area contributed by atoms with E-state index in [1.165, 1.54) is 24.0 Å². The minimum absolute atomic E-state index is 0.196. The molecule has 0 aromatic rings. The van der Waals surface area contributed by atoms with Gasteiger partial charge in [-0.15, -0.1) is 0 Å². The van der Waals surface area contributed by atoms with Crippen LogP contribution in [-0.2, 0) is 0 Å². The van der Waals surface area contributed by atoms with E-state index in [1.54, 1.807) is 13.8 Å². The van der Waals surface area contributed by atoms with Crippen molar-refractivity contribution in [3.05, 3.63) is 47.1 Å². The summed E-state index contributed by atoms with van der Waals surface area (Å²) < 4.78 is 0. The Balaban J connectivity index is 1.71. The maximum atomic E-state index is 10.1. The SMILES string of the molecule is C=C1/C(=C\C=C2/CCCC3(C)C(CCC#CC(C)(C)O)=CCC23)CC(O)CC1O. The van der Waals surface area contributed by atoms with Crippen LogP contribution in [0.5, 0.6) is 0 Å². The topological polar surface area (TPSA) is 60.7 Å². The van der Waals surface area contributed by atoms with Crippen molar-refractivity contribution >= 4 is 0 Å². The van der Waals surface area contributed by atoms with Gasteiger partial charge in [0.2, 0.25) is 0 Å². The zero-order valence-corrected chi connectivity index (χ0v) is 18.2. The molecule has 2 fully saturated rings. The van der Waals surface area contributed by atoms with E-state index in [2.05, 4.69) is 43.6 Å². The quantitative estimate of drug-likeness (QED) is 0.482. The van der Waals surface area contributed by atoms with Gasteiger partial charge in [-0.05, 0) is 74.9 Å². The molecule has 0 bridgehead atoms. The van der Waals surface area contributed by atoms with Crippen molar-refractivity contribution in [3.63, 3.8) is 0 Å². The van der Waals surface area contributed by atoms with E-state index in [0.29, 0.717) is 18.8 Å². The highest BCUT2D eigenvalue weighted by molar-refractivity contribution is 5.40. The predicted octanol–water partition coefficient (Wildman–Crippen LogP) is 4.60. The van der Waals surface area contributed by atoms with Crippen LogP contribution in [0.1, 0.15) is 72.1 Å². The van der Waals surface area contributed by atoms with E-state index in [4.69, 9.17) is 0 Å². The van der Waals surface area contributed by atoms with Gasteiger partial charge in [0, 0.05) is 12.8 Å². The van der Waals surface area contributed by atoms with Gasteiger partial charge < -0.3 is 15.3 Å². The number of aliphatic hydroxyl groups excluding tert-OH is 2. The zero-order chi connectivity index (χ0) is 21.2. The van der Waals surface area contributed by atoms with Crippen molar-refractivity contribution in [2.24, 2.45) is 11.3 Å². The lowest BCUT2D eigenvalue weighted by atomic mass is 9.63. The number of fused-ring (bicyclic) bond motifs is 1. The molecule has 3 heteroatoms. The maximum absolute atomic E-state index is 10.1. The Kier molecular flexibility index (Phi) is 6.58. The molecule has 0 aromatic carbocycles. The van der Waals surface area contributed by atoms with E-state index in [1.807, 2.05) is 0 Å². The van der Waals surface area contributed by atoms with Gasteiger partial charge in [-0.25, -0.2) is 0 Å². The highest BCUT2D eigenvalue weighted by Gasteiger charge is 2.44. The fourth-order valence-electron chi connectivity index (χ4n) is 5.23. The summed E-state index contributed by atoms with van der Waals surface area (Å²) in [6.07, 6.45) is 12.9. The summed E-state index contributed by atoms with van der Waals surface area (Å²) >= 11 is 0. The molecule has 0 spiro atoms. The molecular formula is C26H36O3. The van der Waals surface area contributed by atoms with Gasteiger partial charge in [0.05, 0.1) is 12.2 Å². The van der Waals surface area contributed by atoms with Crippen LogP contribution in [-0.4, -0.2) is 33.1 Å². The van der Waals surface area contributed by atoms with Gasteiger partial charge in [-0.3, -0.25) is 0 Å². The van der Waals surface area contributed by atoms with Crippen LogP contribution in [0, 0.1) is 23.2 Å². The molecule has 0 radical (unpaired) electrons. The van der Waals surface area contributed by atoms with Crippen LogP contribution in [0.4, 0.5) is 0 Å². The van der Waals surface area contributed by atoms with Crippen molar-refractivity contribution in [3.8, 4) is 11.8 Å². The molecule has 0 heterocycles. The van der Waals surface area contributed by atoms with Crippen molar-refractivity contribution in [1.82, 2.24) is 0 Å². The lowest BCUT2D eigenvalue weighted by Crippen LogP contribution is -2.30. The molecular weight excluding hydrogens is 360 g/mol. The first kappa shape index (κ1) is 22.1. The largest absolute Gasteiger partial charge is 0.393 e. The van der Waals surface area contributed by atoms with E-state index in [-0.39, 0.29) is 5.41 Å². The number of rotatable bonds is 3. The third kappa shape index (κ3) is 5.12. The Bertz CT molecular complexity index is 796. The highest BCUT2D eigenvalue weighted by atomic mass is 16.3. The standard InChI is InChI=1S/C26H36O3/c1-18-20(16-22(27)17-24(18)28)11-10-19-8-7-15-26(4)21(12-13-23(19)26)9-5-6-14-25(2,3)29/h10-12,22-24,27-29H,1,5,7-9,13,15-17H2,2-4H3/b19-10+,20-11-. The summed E-state index contributed by atoms with van der Waals surface area (Å²) in [4.78, 5) is 0. The van der Waals surface area contributed by atoms with Crippen molar-refractivity contribution in [1.29, 1.82) is 0 Å². The third-order valence-corrected chi connectivity index (χ3v) is 6.89. The van der Waals surface area contributed by atoms with Gasteiger partial charge in [0.15, 0.2) is 0 Å². The van der Waals surface area contributed by atoms with E-state index in [9.17, 15) is 15.3 Å². The van der Waals surface area contributed by atoms with Crippen LogP contribution in [0.15, 0.2) is 47.1 Å². The molecule has 0 amide bonds. The summed E-state index contributed by atoms with van der Waals surface area (Å²) in [5.74, 6) is 6.58. The third-order valence-electron chi connectivity index (χ3n) is 6.89. The fourth-order valence-corrected chi connectivity index (χ4v) is 5.23. The van der Waals surface area contributed by atoms with E-state index in [0.717, 1.165) is 36.8 Å². The normalized spacial score (nSPS) is 35.3. The van der Waals surface area contributed by atoms with Crippen LogP contribution < -0.4 is 0 Å². The Morgan fingerprint density at radius 1 is 1.31 bits per heavy atom. The molecule has 4 atom stereocenters. The first-order chi connectivity index (χ1) is 13.6. The monoisotopic (exact) mass is 396 g/mol. The second-order valence-electron chi connectivity index (χ2n) is 9.72. The summed E-state index contributed by atoms with van der Waals surface area (Å²) in [6, 6.07) is 0. The smallest absolute Gasteiger partial charge is 0.119 e. The molecule has 4 unspecified atom stereocenters. The minimum atomic E-state index is -0.922. The summed E-state index contributed by atoms with van der Waals surface area (Å²) in [7, 11) is 0. The molecule has 0 saturated heterocycles. The Morgan fingerprint density at radius 3 is 2.79 bits per heavy atom. The molecule has 0 aromatic heterocycles. The number of aliphatic hydroxyl groups is 3. The Hall–Kier alpha value is -1.60. The number of hydrogen-bond acceptors (Lipinski definition) is 3. The molecule has 3 nitrogen and oxygen atoms in total. The average Bonchev–Trinajstić information content (AvgIpc) is 2.96. The van der Waals surface area contributed by atoms with Gasteiger partial charge >= 0.3 is 0 Å². The first-order valence-corrected chi connectivity index (χ1v) is 11.0. The molecule has 29 heavy (non-hydrogen) atoms. The second kappa shape index (κ2) is 8.64. The van der Waals surface area contributed by atoms with Gasteiger partial charge in [-0.1, -0.05) is 54.7 Å². The van der Waals surface area contributed by atoms with Gasteiger partial charge in [0.1, 0.15) is 5.60 Å². The summed E-state index contributed by atoms with van der Waals surface area (Å²) in [6.45, 7) is 9.86. The molecule has 158 valence electrons. The second-order valence-corrected chi connectivity index (χ2v) is 9.72.